The van der Waals surface area contributed by atoms with E-state index in [9.17, 15) is 4.79 Å². The highest BCUT2D eigenvalue weighted by atomic mass is 16.6. The van der Waals surface area contributed by atoms with Crippen molar-refractivity contribution in [1.82, 2.24) is 0 Å². The first-order chi connectivity index (χ1) is 9.72. The number of anilines is 1. The van der Waals surface area contributed by atoms with Gasteiger partial charge >= 0.3 is 5.97 Å². The lowest BCUT2D eigenvalue weighted by Gasteiger charge is -2.29. The molecule has 0 fully saturated rings. The minimum atomic E-state index is -0.310. The molecule has 0 radical (unpaired) electrons. The molecule has 2 aromatic carbocycles. The number of hydrogen-bond acceptors (Lipinski definition) is 3. The standard InChI is InChI=1S/C17H19NO2/c1-3-18(16-12-8-5-9-13-16)14(2)20-17(19)15-10-6-4-7-11-15/h4-14H,3H2,1-2H3. The second kappa shape index (κ2) is 6.75. The first kappa shape index (κ1) is 14.1. The summed E-state index contributed by atoms with van der Waals surface area (Å²) in [7, 11) is 0. The zero-order chi connectivity index (χ0) is 14.4. The SMILES string of the molecule is CCN(c1ccccc1)C(C)OC(=O)c1ccccc1. The van der Waals surface area contributed by atoms with Gasteiger partial charge in [0.2, 0.25) is 0 Å². The van der Waals surface area contributed by atoms with E-state index < -0.39 is 0 Å². The maximum atomic E-state index is 12.1. The highest BCUT2D eigenvalue weighted by Crippen LogP contribution is 2.17. The molecule has 2 aromatic rings. The summed E-state index contributed by atoms with van der Waals surface area (Å²) in [6.45, 7) is 4.70. The Labute approximate surface area is 119 Å². The van der Waals surface area contributed by atoms with Crippen LogP contribution in [0.1, 0.15) is 24.2 Å². The molecule has 20 heavy (non-hydrogen) atoms. The topological polar surface area (TPSA) is 29.5 Å². The first-order valence-electron chi connectivity index (χ1n) is 6.80. The Morgan fingerprint density at radius 3 is 2.15 bits per heavy atom. The minimum absolute atomic E-state index is 0.299. The molecule has 0 spiro atoms. The molecule has 1 unspecified atom stereocenters. The lowest BCUT2D eigenvalue weighted by atomic mass is 10.2. The quantitative estimate of drug-likeness (QED) is 0.612. The Balaban J connectivity index is 2.07. The zero-order valence-corrected chi connectivity index (χ0v) is 11.8. The van der Waals surface area contributed by atoms with Crippen LogP contribution in [0.4, 0.5) is 5.69 Å². The van der Waals surface area contributed by atoms with Gasteiger partial charge in [-0.15, -0.1) is 0 Å². The molecule has 2 rings (SSSR count). The van der Waals surface area contributed by atoms with Crippen LogP contribution >= 0.6 is 0 Å². The number of benzene rings is 2. The van der Waals surface area contributed by atoms with Crippen LogP contribution in [0.2, 0.25) is 0 Å². The Morgan fingerprint density at radius 1 is 1.05 bits per heavy atom. The third-order valence-corrected chi connectivity index (χ3v) is 3.15. The first-order valence-corrected chi connectivity index (χ1v) is 6.80. The zero-order valence-electron chi connectivity index (χ0n) is 11.8. The molecule has 104 valence electrons. The van der Waals surface area contributed by atoms with Gasteiger partial charge in [0.1, 0.15) is 0 Å². The molecule has 0 bridgehead atoms. The molecule has 0 saturated carbocycles. The molecule has 0 aliphatic rings. The highest BCUT2D eigenvalue weighted by molar-refractivity contribution is 5.89. The summed E-state index contributed by atoms with van der Waals surface area (Å²) < 4.78 is 5.53. The van der Waals surface area contributed by atoms with E-state index in [0.29, 0.717) is 5.56 Å². The van der Waals surface area contributed by atoms with Gasteiger partial charge in [-0.3, -0.25) is 0 Å². The van der Waals surface area contributed by atoms with Crippen LogP contribution in [-0.4, -0.2) is 18.7 Å². The summed E-state index contributed by atoms with van der Waals surface area (Å²) in [5.41, 5.74) is 1.62. The van der Waals surface area contributed by atoms with Gasteiger partial charge in [0.05, 0.1) is 5.56 Å². The molecule has 1 atom stereocenters. The van der Waals surface area contributed by atoms with E-state index in [1.54, 1.807) is 12.1 Å². The van der Waals surface area contributed by atoms with Crippen molar-refractivity contribution in [2.45, 2.75) is 20.1 Å². The molecule has 0 heterocycles. The second-order valence-electron chi connectivity index (χ2n) is 4.49. The molecule has 0 saturated heterocycles. The van der Waals surface area contributed by atoms with E-state index in [0.717, 1.165) is 12.2 Å². The highest BCUT2D eigenvalue weighted by Gasteiger charge is 2.17. The van der Waals surface area contributed by atoms with Crippen molar-refractivity contribution in [3.8, 4) is 0 Å². The van der Waals surface area contributed by atoms with Crippen molar-refractivity contribution in [3.05, 3.63) is 66.2 Å². The summed E-state index contributed by atoms with van der Waals surface area (Å²) in [5, 5.41) is 0. The molecular formula is C17H19NO2. The molecule has 0 aromatic heterocycles. The van der Waals surface area contributed by atoms with Crippen LogP contribution in [0.15, 0.2) is 60.7 Å². The van der Waals surface area contributed by atoms with Gasteiger partial charge in [-0.2, -0.15) is 0 Å². The smallest absolute Gasteiger partial charge is 0.340 e. The number of carbonyl (C=O) groups is 1. The lowest BCUT2D eigenvalue weighted by Crippen LogP contribution is -2.36. The van der Waals surface area contributed by atoms with E-state index in [2.05, 4.69) is 0 Å². The Morgan fingerprint density at radius 2 is 1.60 bits per heavy atom. The van der Waals surface area contributed by atoms with Crippen molar-refractivity contribution >= 4 is 11.7 Å². The van der Waals surface area contributed by atoms with Gasteiger partial charge in [0.15, 0.2) is 6.23 Å². The van der Waals surface area contributed by atoms with E-state index in [1.807, 2.05) is 67.3 Å². The largest absolute Gasteiger partial charge is 0.438 e. The average Bonchev–Trinajstić information content (AvgIpc) is 2.50. The summed E-state index contributed by atoms with van der Waals surface area (Å²) in [4.78, 5) is 14.1. The molecule has 0 aliphatic heterocycles. The van der Waals surface area contributed by atoms with E-state index in [4.69, 9.17) is 4.74 Å². The Kier molecular flexibility index (Phi) is 4.77. The van der Waals surface area contributed by atoms with Crippen LogP contribution < -0.4 is 4.90 Å². The molecule has 3 nitrogen and oxygen atoms in total. The molecular weight excluding hydrogens is 250 g/mol. The molecule has 0 amide bonds. The number of esters is 1. The fourth-order valence-electron chi connectivity index (χ4n) is 2.13. The molecule has 0 aliphatic carbocycles. The Hall–Kier alpha value is -2.29. The van der Waals surface area contributed by atoms with E-state index >= 15 is 0 Å². The summed E-state index contributed by atoms with van der Waals surface area (Å²) >= 11 is 0. The number of para-hydroxylation sites is 1. The van der Waals surface area contributed by atoms with Gasteiger partial charge < -0.3 is 9.64 Å². The lowest BCUT2D eigenvalue weighted by molar-refractivity contribution is 0.0336. The van der Waals surface area contributed by atoms with Crippen molar-refractivity contribution < 1.29 is 9.53 Å². The van der Waals surface area contributed by atoms with E-state index in [1.165, 1.54) is 0 Å². The summed E-state index contributed by atoms with van der Waals surface area (Å²) in [5.74, 6) is -0.299. The number of hydrogen-bond donors (Lipinski definition) is 0. The number of carbonyl (C=O) groups excluding carboxylic acids is 1. The number of ether oxygens (including phenoxy) is 1. The maximum Gasteiger partial charge on any atom is 0.340 e. The van der Waals surface area contributed by atoms with Crippen molar-refractivity contribution in [1.29, 1.82) is 0 Å². The average molecular weight is 269 g/mol. The van der Waals surface area contributed by atoms with Crippen LogP contribution in [0.25, 0.3) is 0 Å². The molecule has 0 N–H and O–H groups in total. The van der Waals surface area contributed by atoms with Gasteiger partial charge in [-0.25, -0.2) is 4.79 Å². The number of nitrogens with zero attached hydrogens (tertiary/aromatic N) is 1. The monoisotopic (exact) mass is 269 g/mol. The predicted molar refractivity (Wildman–Crippen MR) is 80.8 cm³/mol. The van der Waals surface area contributed by atoms with Crippen LogP contribution in [0.3, 0.4) is 0 Å². The van der Waals surface area contributed by atoms with Crippen LogP contribution in [0.5, 0.6) is 0 Å². The fourth-order valence-corrected chi connectivity index (χ4v) is 2.13. The van der Waals surface area contributed by atoms with Gasteiger partial charge in [-0.05, 0) is 38.1 Å². The third-order valence-electron chi connectivity index (χ3n) is 3.15. The normalized spacial score (nSPS) is 11.7. The van der Waals surface area contributed by atoms with Gasteiger partial charge in [-0.1, -0.05) is 36.4 Å². The maximum absolute atomic E-state index is 12.1. The third kappa shape index (κ3) is 3.38. The van der Waals surface area contributed by atoms with Crippen LogP contribution in [-0.2, 0) is 4.74 Å². The van der Waals surface area contributed by atoms with Crippen molar-refractivity contribution in [3.63, 3.8) is 0 Å². The van der Waals surface area contributed by atoms with Crippen molar-refractivity contribution in [2.24, 2.45) is 0 Å². The second-order valence-corrected chi connectivity index (χ2v) is 4.49. The Bertz CT molecular complexity index is 539. The van der Waals surface area contributed by atoms with Crippen LogP contribution in [0, 0.1) is 0 Å². The minimum Gasteiger partial charge on any atom is -0.438 e. The molecule has 3 heteroatoms. The van der Waals surface area contributed by atoms with Crippen molar-refractivity contribution in [2.75, 3.05) is 11.4 Å². The number of rotatable bonds is 5. The summed E-state index contributed by atoms with van der Waals surface area (Å²) in [6, 6.07) is 19.0. The fraction of sp³-hybridized carbons (Fsp3) is 0.235. The predicted octanol–water partition coefficient (Wildman–Crippen LogP) is 3.72. The van der Waals surface area contributed by atoms with Gasteiger partial charge in [0.25, 0.3) is 0 Å². The summed E-state index contributed by atoms with van der Waals surface area (Å²) in [6.07, 6.45) is -0.310. The van der Waals surface area contributed by atoms with Gasteiger partial charge in [0, 0.05) is 12.2 Å². The van der Waals surface area contributed by atoms with E-state index in [-0.39, 0.29) is 12.2 Å².